The summed E-state index contributed by atoms with van der Waals surface area (Å²) in [6.07, 6.45) is 6.60. The van der Waals surface area contributed by atoms with Crippen molar-refractivity contribution in [3.63, 3.8) is 0 Å². The van der Waals surface area contributed by atoms with Gasteiger partial charge in [-0.1, -0.05) is 31.0 Å². The molecule has 1 atom stereocenters. The quantitative estimate of drug-likeness (QED) is 0.897. The summed E-state index contributed by atoms with van der Waals surface area (Å²) in [6, 6.07) is 8.85. The SMILES string of the molecule is O=C(NCC1CCCC1)C1CCCN1C(=O)Nc1ccccc1. The van der Waals surface area contributed by atoms with Gasteiger partial charge in [0.15, 0.2) is 0 Å². The summed E-state index contributed by atoms with van der Waals surface area (Å²) in [7, 11) is 0. The van der Waals surface area contributed by atoms with Crippen molar-refractivity contribution in [3.8, 4) is 0 Å². The van der Waals surface area contributed by atoms with Crippen LogP contribution in [0.4, 0.5) is 10.5 Å². The van der Waals surface area contributed by atoms with Crippen LogP contribution in [0.3, 0.4) is 0 Å². The lowest BCUT2D eigenvalue weighted by Crippen LogP contribution is -2.48. The average molecular weight is 315 g/mol. The van der Waals surface area contributed by atoms with Gasteiger partial charge in [0.2, 0.25) is 5.91 Å². The lowest BCUT2D eigenvalue weighted by Gasteiger charge is -2.24. The van der Waals surface area contributed by atoms with Crippen LogP contribution >= 0.6 is 0 Å². The van der Waals surface area contributed by atoms with Crippen LogP contribution in [0.2, 0.25) is 0 Å². The maximum absolute atomic E-state index is 12.4. The fourth-order valence-corrected chi connectivity index (χ4v) is 3.58. The van der Waals surface area contributed by atoms with Crippen molar-refractivity contribution < 1.29 is 9.59 Å². The minimum Gasteiger partial charge on any atom is -0.354 e. The number of para-hydroxylation sites is 1. The third-order valence-electron chi connectivity index (χ3n) is 4.88. The Kier molecular flexibility index (Phi) is 5.16. The van der Waals surface area contributed by atoms with Crippen molar-refractivity contribution >= 4 is 17.6 Å². The Bertz CT molecular complexity index is 540. The second-order valence-electron chi connectivity index (χ2n) is 6.54. The van der Waals surface area contributed by atoms with E-state index in [2.05, 4.69) is 10.6 Å². The van der Waals surface area contributed by atoms with Crippen LogP contribution in [0.5, 0.6) is 0 Å². The first-order chi connectivity index (χ1) is 11.2. The van der Waals surface area contributed by atoms with Gasteiger partial charge in [-0.3, -0.25) is 4.79 Å². The van der Waals surface area contributed by atoms with Gasteiger partial charge in [-0.2, -0.15) is 0 Å². The number of nitrogens with zero attached hydrogens (tertiary/aromatic N) is 1. The van der Waals surface area contributed by atoms with Gasteiger partial charge in [0, 0.05) is 18.8 Å². The largest absolute Gasteiger partial charge is 0.354 e. The molecule has 1 aromatic rings. The Morgan fingerprint density at radius 3 is 2.52 bits per heavy atom. The van der Waals surface area contributed by atoms with Gasteiger partial charge in [-0.05, 0) is 43.7 Å². The van der Waals surface area contributed by atoms with Crippen molar-refractivity contribution in [2.75, 3.05) is 18.4 Å². The summed E-state index contributed by atoms with van der Waals surface area (Å²) < 4.78 is 0. The molecule has 3 amide bonds. The molecular weight excluding hydrogens is 290 g/mol. The number of carbonyl (C=O) groups is 2. The van der Waals surface area contributed by atoms with E-state index in [0.29, 0.717) is 12.5 Å². The van der Waals surface area contributed by atoms with Crippen LogP contribution in [-0.4, -0.2) is 36.0 Å². The zero-order valence-electron chi connectivity index (χ0n) is 13.5. The van der Waals surface area contributed by atoms with Crippen LogP contribution in [0.25, 0.3) is 0 Å². The van der Waals surface area contributed by atoms with Gasteiger partial charge >= 0.3 is 6.03 Å². The number of hydrogen-bond donors (Lipinski definition) is 2. The maximum atomic E-state index is 12.4. The zero-order chi connectivity index (χ0) is 16.1. The summed E-state index contributed by atoms with van der Waals surface area (Å²) in [5, 5.41) is 5.93. The van der Waals surface area contributed by atoms with Crippen LogP contribution in [0.15, 0.2) is 30.3 Å². The third kappa shape index (κ3) is 4.03. The van der Waals surface area contributed by atoms with E-state index in [0.717, 1.165) is 25.1 Å². The molecule has 1 aliphatic heterocycles. The highest BCUT2D eigenvalue weighted by atomic mass is 16.2. The van der Waals surface area contributed by atoms with Gasteiger partial charge in [0.05, 0.1) is 0 Å². The lowest BCUT2D eigenvalue weighted by molar-refractivity contribution is -0.124. The Balaban J connectivity index is 1.53. The number of hydrogen-bond acceptors (Lipinski definition) is 2. The fourth-order valence-electron chi connectivity index (χ4n) is 3.58. The van der Waals surface area contributed by atoms with E-state index in [1.54, 1.807) is 4.90 Å². The second-order valence-corrected chi connectivity index (χ2v) is 6.54. The minimum absolute atomic E-state index is 0.00221. The Labute approximate surface area is 137 Å². The molecule has 124 valence electrons. The molecule has 0 aromatic heterocycles. The van der Waals surface area contributed by atoms with Crippen molar-refractivity contribution in [2.24, 2.45) is 5.92 Å². The molecule has 3 rings (SSSR count). The van der Waals surface area contributed by atoms with E-state index < -0.39 is 0 Å². The van der Waals surface area contributed by atoms with E-state index in [-0.39, 0.29) is 18.0 Å². The number of benzene rings is 1. The van der Waals surface area contributed by atoms with E-state index in [1.165, 1.54) is 25.7 Å². The van der Waals surface area contributed by atoms with Crippen LogP contribution < -0.4 is 10.6 Å². The Morgan fingerprint density at radius 2 is 1.78 bits per heavy atom. The molecule has 1 aliphatic carbocycles. The first-order valence-corrected chi connectivity index (χ1v) is 8.64. The van der Waals surface area contributed by atoms with Crippen LogP contribution in [0, 0.1) is 5.92 Å². The smallest absolute Gasteiger partial charge is 0.322 e. The second kappa shape index (κ2) is 7.49. The van der Waals surface area contributed by atoms with Crippen molar-refractivity contribution in [3.05, 3.63) is 30.3 Å². The fraction of sp³-hybridized carbons (Fsp3) is 0.556. The number of urea groups is 1. The van der Waals surface area contributed by atoms with E-state index in [9.17, 15) is 9.59 Å². The summed E-state index contributed by atoms with van der Waals surface area (Å²) >= 11 is 0. The molecule has 1 heterocycles. The normalized spacial score (nSPS) is 21.4. The standard InChI is InChI=1S/C18H25N3O2/c22-17(19-13-14-7-4-5-8-14)16-11-6-12-21(16)18(23)20-15-9-2-1-3-10-15/h1-3,9-10,14,16H,4-8,11-13H2,(H,19,22)(H,20,23). The summed E-state index contributed by atoms with van der Waals surface area (Å²) in [5.41, 5.74) is 0.759. The molecular formula is C18H25N3O2. The highest BCUT2D eigenvalue weighted by Gasteiger charge is 2.34. The molecule has 1 aromatic carbocycles. The van der Waals surface area contributed by atoms with Crippen LogP contribution in [-0.2, 0) is 4.79 Å². The average Bonchev–Trinajstić information content (AvgIpc) is 3.25. The lowest BCUT2D eigenvalue weighted by atomic mass is 10.1. The van der Waals surface area contributed by atoms with E-state index >= 15 is 0 Å². The Hall–Kier alpha value is -2.04. The summed E-state index contributed by atoms with van der Waals surface area (Å²) in [4.78, 5) is 26.5. The van der Waals surface area contributed by atoms with Crippen molar-refractivity contribution in [1.82, 2.24) is 10.2 Å². The minimum atomic E-state index is -0.333. The van der Waals surface area contributed by atoms with Crippen molar-refractivity contribution in [2.45, 2.75) is 44.6 Å². The number of likely N-dealkylation sites (tertiary alicyclic amines) is 1. The monoisotopic (exact) mass is 315 g/mol. The molecule has 1 saturated carbocycles. The van der Waals surface area contributed by atoms with E-state index in [4.69, 9.17) is 0 Å². The van der Waals surface area contributed by atoms with Crippen molar-refractivity contribution in [1.29, 1.82) is 0 Å². The number of anilines is 1. The first-order valence-electron chi connectivity index (χ1n) is 8.64. The summed E-state index contributed by atoms with van der Waals surface area (Å²) in [6.45, 7) is 1.39. The first kappa shape index (κ1) is 15.8. The molecule has 0 radical (unpaired) electrons. The number of carbonyl (C=O) groups excluding carboxylic acids is 2. The molecule has 1 unspecified atom stereocenters. The molecule has 2 fully saturated rings. The molecule has 5 nitrogen and oxygen atoms in total. The molecule has 0 bridgehead atoms. The molecule has 1 saturated heterocycles. The molecule has 5 heteroatoms. The molecule has 0 spiro atoms. The number of nitrogens with one attached hydrogen (secondary N) is 2. The van der Waals surface area contributed by atoms with Gasteiger partial charge in [0.25, 0.3) is 0 Å². The predicted molar refractivity (Wildman–Crippen MR) is 90.2 cm³/mol. The maximum Gasteiger partial charge on any atom is 0.322 e. The molecule has 2 N–H and O–H groups in total. The number of rotatable bonds is 4. The predicted octanol–water partition coefficient (Wildman–Crippen LogP) is 2.99. The van der Waals surface area contributed by atoms with E-state index in [1.807, 2.05) is 30.3 Å². The molecule has 2 aliphatic rings. The highest BCUT2D eigenvalue weighted by molar-refractivity contribution is 5.94. The van der Waals surface area contributed by atoms with Gasteiger partial charge in [0.1, 0.15) is 6.04 Å². The zero-order valence-corrected chi connectivity index (χ0v) is 13.5. The highest BCUT2D eigenvalue weighted by Crippen LogP contribution is 2.24. The summed E-state index contributed by atoms with van der Waals surface area (Å²) in [5.74, 6) is 0.615. The van der Waals surface area contributed by atoms with Gasteiger partial charge in [-0.15, -0.1) is 0 Å². The van der Waals surface area contributed by atoms with Crippen LogP contribution in [0.1, 0.15) is 38.5 Å². The van der Waals surface area contributed by atoms with Gasteiger partial charge < -0.3 is 15.5 Å². The topological polar surface area (TPSA) is 61.4 Å². The van der Waals surface area contributed by atoms with Gasteiger partial charge in [-0.25, -0.2) is 4.79 Å². The molecule has 23 heavy (non-hydrogen) atoms. The number of amides is 3. The third-order valence-corrected chi connectivity index (χ3v) is 4.88. The Morgan fingerprint density at radius 1 is 1.04 bits per heavy atom.